The summed E-state index contributed by atoms with van der Waals surface area (Å²) in [6, 6.07) is 23.0. The summed E-state index contributed by atoms with van der Waals surface area (Å²) >= 11 is 0. The highest BCUT2D eigenvalue weighted by Gasteiger charge is 2.29. The number of carbonyl (C=O) groups is 1. The molecule has 0 atom stereocenters. The van der Waals surface area contributed by atoms with Crippen molar-refractivity contribution >= 4 is 27.5 Å². The number of nitrogens with one attached hydrogen (secondary N) is 2. The maximum atomic E-state index is 12.4. The lowest BCUT2D eigenvalue weighted by molar-refractivity contribution is 0.102. The maximum Gasteiger partial charge on any atom is 0.263 e. The monoisotopic (exact) mass is 391 g/mol. The van der Waals surface area contributed by atoms with Gasteiger partial charge in [0, 0.05) is 16.8 Å². The van der Waals surface area contributed by atoms with Crippen LogP contribution in [0.5, 0.6) is 0 Å². The van der Waals surface area contributed by atoms with Gasteiger partial charge < -0.3 is 5.32 Å². The van der Waals surface area contributed by atoms with E-state index in [1.807, 2.05) is 36.4 Å². The van der Waals surface area contributed by atoms with E-state index < -0.39 is 10.0 Å². The third kappa shape index (κ3) is 3.65. The van der Waals surface area contributed by atoms with Crippen molar-refractivity contribution in [3.8, 4) is 0 Å². The highest BCUT2D eigenvalue weighted by molar-refractivity contribution is 7.90. The van der Waals surface area contributed by atoms with E-state index in [1.165, 1.54) is 0 Å². The molecule has 0 spiro atoms. The number of sulfonamides is 1. The van der Waals surface area contributed by atoms with Crippen molar-refractivity contribution in [2.24, 2.45) is 4.99 Å². The molecule has 0 fully saturated rings. The fraction of sp³-hybridized carbons (Fsp3) is 0.0476. The molecule has 0 saturated heterocycles. The molecule has 1 aliphatic heterocycles. The number of aliphatic imine (C=N–C) groups is 1. The molecule has 140 valence electrons. The van der Waals surface area contributed by atoms with E-state index in [4.69, 9.17) is 0 Å². The van der Waals surface area contributed by atoms with E-state index in [0.29, 0.717) is 17.0 Å². The second-order valence-corrected chi connectivity index (χ2v) is 7.94. The Labute approximate surface area is 163 Å². The Morgan fingerprint density at radius 2 is 1.68 bits per heavy atom. The molecule has 1 heterocycles. The van der Waals surface area contributed by atoms with Crippen LogP contribution in [-0.2, 0) is 16.6 Å². The van der Waals surface area contributed by atoms with Crippen molar-refractivity contribution in [1.82, 2.24) is 4.72 Å². The lowest BCUT2D eigenvalue weighted by Gasteiger charge is -2.06. The fourth-order valence-electron chi connectivity index (χ4n) is 2.96. The van der Waals surface area contributed by atoms with Crippen LogP contribution in [0.25, 0.3) is 0 Å². The Bertz CT molecular complexity index is 1170. The van der Waals surface area contributed by atoms with Gasteiger partial charge in [-0.05, 0) is 42.0 Å². The molecule has 0 unspecified atom stereocenters. The van der Waals surface area contributed by atoms with E-state index >= 15 is 0 Å². The molecule has 1 amide bonds. The first kappa shape index (κ1) is 17.9. The van der Waals surface area contributed by atoms with Crippen molar-refractivity contribution in [3.05, 3.63) is 95.6 Å². The number of fused-ring (bicyclic) bond motifs is 1. The van der Waals surface area contributed by atoms with Crippen molar-refractivity contribution in [1.29, 1.82) is 0 Å². The largest absolute Gasteiger partial charge is 0.322 e. The summed E-state index contributed by atoms with van der Waals surface area (Å²) in [6.45, 7) is 0.249. The van der Waals surface area contributed by atoms with Gasteiger partial charge in [0.15, 0.2) is 0 Å². The molecule has 6 nitrogen and oxygen atoms in total. The van der Waals surface area contributed by atoms with Gasteiger partial charge in [-0.2, -0.15) is 0 Å². The van der Waals surface area contributed by atoms with Crippen molar-refractivity contribution < 1.29 is 13.2 Å². The molecule has 0 aromatic heterocycles. The molecule has 2 N–H and O–H groups in total. The molecule has 3 aromatic carbocycles. The van der Waals surface area contributed by atoms with Crippen LogP contribution in [0.4, 0.5) is 5.69 Å². The fourth-order valence-corrected chi connectivity index (χ4v) is 4.21. The molecule has 7 heteroatoms. The molecule has 0 saturated carbocycles. The summed E-state index contributed by atoms with van der Waals surface area (Å²) in [5.41, 5.74) is 2.58. The number of rotatable bonds is 4. The van der Waals surface area contributed by atoms with Crippen molar-refractivity contribution in [2.75, 3.05) is 5.32 Å². The van der Waals surface area contributed by atoms with E-state index in [-0.39, 0.29) is 17.3 Å². The zero-order valence-electron chi connectivity index (χ0n) is 14.8. The molecular weight excluding hydrogens is 374 g/mol. The summed E-state index contributed by atoms with van der Waals surface area (Å²) in [5.74, 6) is 0.0994. The Morgan fingerprint density at radius 3 is 2.50 bits per heavy atom. The second-order valence-electron chi connectivity index (χ2n) is 6.29. The van der Waals surface area contributed by atoms with E-state index in [1.54, 1.807) is 42.5 Å². The van der Waals surface area contributed by atoms with E-state index in [0.717, 1.165) is 11.3 Å². The minimum absolute atomic E-state index is 0.215. The molecule has 3 aromatic rings. The molecule has 0 aliphatic carbocycles. The van der Waals surface area contributed by atoms with Gasteiger partial charge >= 0.3 is 0 Å². The van der Waals surface area contributed by atoms with Crippen molar-refractivity contribution in [2.45, 2.75) is 11.4 Å². The molecule has 28 heavy (non-hydrogen) atoms. The Morgan fingerprint density at radius 1 is 0.929 bits per heavy atom. The lowest BCUT2D eigenvalue weighted by atomic mass is 10.1. The second kappa shape index (κ2) is 7.28. The third-order valence-corrected chi connectivity index (χ3v) is 5.70. The average Bonchev–Trinajstić information content (AvgIpc) is 2.98. The van der Waals surface area contributed by atoms with Crippen LogP contribution in [0.3, 0.4) is 0 Å². The van der Waals surface area contributed by atoms with Crippen LogP contribution >= 0.6 is 0 Å². The van der Waals surface area contributed by atoms with Gasteiger partial charge in [0.1, 0.15) is 5.84 Å². The van der Waals surface area contributed by atoms with E-state index in [2.05, 4.69) is 15.0 Å². The smallest absolute Gasteiger partial charge is 0.263 e. The van der Waals surface area contributed by atoms with Crippen LogP contribution < -0.4 is 10.0 Å². The number of hydrogen-bond acceptors (Lipinski definition) is 4. The third-order valence-electron chi connectivity index (χ3n) is 4.30. The van der Waals surface area contributed by atoms with Crippen LogP contribution in [0.15, 0.2) is 88.8 Å². The van der Waals surface area contributed by atoms with Gasteiger partial charge in [-0.3, -0.25) is 14.5 Å². The predicted molar refractivity (Wildman–Crippen MR) is 108 cm³/mol. The predicted octanol–water partition coefficient (Wildman–Crippen LogP) is 3.18. The lowest BCUT2D eigenvalue weighted by Crippen LogP contribution is -2.22. The number of nitrogens with zero attached hydrogens (tertiary/aromatic N) is 1. The van der Waals surface area contributed by atoms with Crippen LogP contribution in [0, 0.1) is 0 Å². The summed E-state index contributed by atoms with van der Waals surface area (Å²) in [6.07, 6.45) is 0. The van der Waals surface area contributed by atoms with E-state index in [9.17, 15) is 13.2 Å². The van der Waals surface area contributed by atoms with Gasteiger partial charge in [-0.1, -0.05) is 42.5 Å². The van der Waals surface area contributed by atoms with Gasteiger partial charge in [-0.15, -0.1) is 0 Å². The molecule has 0 radical (unpaired) electrons. The summed E-state index contributed by atoms with van der Waals surface area (Å²) in [4.78, 5) is 17.1. The first-order valence-electron chi connectivity index (χ1n) is 8.65. The highest BCUT2D eigenvalue weighted by atomic mass is 32.2. The normalized spacial score (nSPS) is 15.6. The minimum atomic E-state index is -3.56. The number of benzene rings is 3. The number of hydrogen-bond donors (Lipinski definition) is 2. The van der Waals surface area contributed by atoms with Gasteiger partial charge in [0.25, 0.3) is 15.9 Å². The molecule has 0 bridgehead atoms. The number of amides is 1. The maximum absolute atomic E-state index is 12.4. The highest BCUT2D eigenvalue weighted by Crippen LogP contribution is 2.22. The SMILES string of the molecule is O=C(Nc1ccccc1)c1cccc(CN=C2NS(=O)(=O)c3ccccc32)c1. The number of carbonyl (C=O) groups excluding carboxylic acids is 1. The summed E-state index contributed by atoms with van der Waals surface area (Å²) < 4.78 is 26.8. The summed E-state index contributed by atoms with van der Waals surface area (Å²) in [5, 5.41) is 2.84. The number of anilines is 1. The summed E-state index contributed by atoms with van der Waals surface area (Å²) in [7, 11) is -3.56. The van der Waals surface area contributed by atoms with Crippen LogP contribution in [-0.4, -0.2) is 20.2 Å². The Kier molecular flexibility index (Phi) is 4.67. The Hall–Kier alpha value is -3.45. The first-order valence-corrected chi connectivity index (χ1v) is 10.1. The Balaban J connectivity index is 1.53. The first-order chi connectivity index (χ1) is 13.5. The molecule has 1 aliphatic rings. The molecular formula is C21H17N3O3S. The number of para-hydroxylation sites is 1. The molecule has 4 rings (SSSR count). The van der Waals surface area contributed by atoms with Gasteiger partial charge in [0.2, 0.25) is 0 Å². The van der Waals surface area contributed by atoms with Crippen molar-refractivity contribution in [3.63, 3.8) is 0 Å². The van der Waals surface area contributed by atoms with Crippen LogP contribution in [0.1, 0.15) is 21.5 Å². The van der Waals surface area contributed by atoms with Crippen LogP contribution in [0.2, 0.25) is 0 Å². The zero-order chi connectivity index (χ0) is 19.6. The number of amidine groups is 1. The standard InChI is InChI=1S/C21H17N3O3S/c25-21(23-17-9-2-1-3-10-17)16-8-6-7-15(13-16)14-22-20-18-11-4-5-12-19(18)28(26,27)24-20/h1-13H,14H2,(H,22,24)(H,23,25). The zero-order valence-corrected chi connectivity index (χ0v) is 15.6. The average molecular weight is 391 g/mol. The van der Waals surface area contributed by atoms with Gasteiger partial charge in [0.05, 0.1) is 11.4 Å². The topological polar surface area (TPSA) is 87.6 Å². The quantitative estimate of drug-likeness (QED) is 0.716. The minimum Gasteiger partial charge on any atom is -0.322 e. The van der Waals surface area contributed by atoms with Gasteiger partial charge in [-0.25, -0.2) is 8.42 Å².